The van der Waals surface area contributed by atoms with Crippen LogP contribution in [0.4, 0.5) is 5.69 Å². The van der Waals surface area contributed by atoms with Crippen LogP contribution >= 0.6 is 0 Å². The number of hydrogen-bond acceptors (Lipinski definition) is 4. The van der Waals surface area contributed by atoms with Crippen molar-refractivity contribution in [3.05, 3.63) is 33.4 Å². The molecule has 0 aliphatic carbocycles. The number of nitrogens with zero attached hydrogens (tertiary/aromatic N) is 1. The third kappa shape index (κ3) is 1.82. The molecule has 0 fully saturated rings. The van der Waals surface area contributed by atoms with E-state index < -0.39 is 4.92 Å². The summed E-state index contributed by atoms with van der Waals surface area (Å²) in [7, 11) is 1.47. The van der Waals surface area contributed by atoms with E-state index in [4.69, 9.17) is 10.5 Å². The molecule has 0 radical (unpaired) electrons. The Morgan fingerprint density at radius 3 is 2.64 bits per heavy atom. The molecule has 0 amide bonds. The molecule has 0 spiro atoms. The molecule has 1 aromatic carbocycles. The predicted octanol–water partition coefficient (Wildman–Crippen LogP) is 1.37. The summed E-state index contributed by atoms with van der Waals surface area (Å²) in [6.07, 6.45) is 0. The zero-order valence-electron chi connectivity index (χ0n) is 8.11. The van der Waals surface area contributed by atoms with Gasteiger partial charge in [-0.15, -0.1) is 0 Å². The van der Waals surface area contributed by atoms with Crippen LogP contribution < -0.4 is 10.5 Å². The Morgan fingerprint density at radius 1 is 1.57 bits per heavy atom. The first-order chi connectivity index (χ1) is 6.60. The number of nitro benzene ring substituents is 1. The largest absolute Gasteiger partial charge is 0.496 e. The van der Waals surface area contributed by atoms with E-state index in [-0.39, 0.29) is 12.2 Å². The molecule has 0 aromatic heterocycles. The summed E-state index contributed by atoms with van der Waals surface area (Å²) in [5.41, 5.74) is 6.78. The summed E-state index contributed by atoms with van der Waals surface area (Å²) in [6, 6.07) is 3.12. The fourth-order valence-electron chi connectivity index (χ4n) is 1.31. The number of aryl methyl sites for hydroxylation is 1. The van der Waals surface area contributed by atoms with Crippen LogP contribution in [-0.2, 0) is 6.54 Å². The van der Waals surface area contributed by atoms with Crippen molar-refractivity contribution < 1.29 is 9.66 Å². The summed E-state index contributed by atoms with van der Waals surface area (Å²) < 4.78 is 4.94. The molecule has 0 heterocycles. The smallest absolute Gasteiger partial charge is 0.277 e. The van der Waals surface area contributed by atoms with Crippen molar-refractivity contribution in [3.8, 4) is 5.75 Å². The molecule has 1 aromatic rings. The fourth-order valence-corrected chi connectivity index (χ4v) is 1.31. The SMILES string of the molecule is COc1cc(C)c(CN)c([N+](=O)[O-])c1. The van der Waals surface area contributed by atoms with E-state index in [1.54, 1.807) is 13.0 Å². The topological polar surface area (TPSA) is 78.4 Å². The Morgan fingerprint density at radius 2 is 2.21 bits per heavy atom. The Balaban J connectivity index is 3.35. The number of ether oxygens (including phenoxy) is 1. The number of hydrogen-bond donors (Lipinski definition) is 1. The molecule has 0 saturated carbocycles. The summed E-state index contributed by atoms with van der Waals surface area (Å²) >= 11 is 0. The highest BCUT2D eigenvalue weighted by atomic mass is 16.6. The Labute approximate surface area is 81.6 Å². The van der Waals surface area contributed by atoms with Gasteiger partial charge in [-0.1, -0.05) is 0 Å². The quantitative estimate of drug-likeness (QED) is 0.585. The Hall–Kier alpha value is -1.62. The molecule has 2 N–H and O–H groups in total. The van der Waals surface area contributed by atoms with Gasteiger partial charge < -0.3 is 10.5 Å². The van der Waals surface area contributed by atoms with Gasteiger partial charge in [0.25, 0.3) is 5.69 Å². The standard InChI is InChI=1S/C9H12N2O3/c1-6-3-7(14-2)4-9(11(12)13)8(6)5-10/h3-4H,5,10H2,1-2H3. The number of rotatable bonds is 3. The zero-order valence-corrected chi connectivity index (χ0v) is 8.11. The molecule has 0 unspecified atom stereocenters. The molecular weight excluding hydrogens is 184 g/mol. The number of methoxy groups -OCH3 is 1. The first-order valence-corrected chi connectivity index (χ1v) is 4.12. The van der Waals surface area contributed by atoms with Gasteiger partial charge in [-0.3, -0.25) is 10.1 Å². The summed E-state index contributed by atoms with van der Waals surface area (Å²) in [5, 5.41) is 10.7. The van der Waals surface area contributed by atoms with Crippen molar-refractivity contribution in [2.45, 2.75) is 13.5 Å². The first kappa shape index (κ1) is 10.5. The Kier molecular flexibility index (Phi) is 3.03. The minimum atomic E-state index is -0.447. The second kappa shape index (κ2) is 4.06. The molecule has 14 heavy (non-hydrogen) atoms. The van der Waals surface area contributed by atoms with Crippen LogP contribution in [0.25, 0.3) is 0 Å². The van der Waals surface area contributed by atoms with Gasteiger partial charge in [0, 0.05) is 12.1 Å². The number of nitro groups is 1. The second-order valence-electron chi connectivity index (χ2n) is 2.90. The van der Waals surface area contributed by atoms with E-state index in [1.807, 2.05) is 0 Å². The van der Waals surface area contributed by atoms with Gasteiger partial charge in [0.05, 0.1) is 18.1 Å². The average molecular weight is 196 g/mol. The van der Waals surface area contributed by atoms with E-state index in [1.165, 1.54) is 13.2 Å². The highest BCUT2D eigenvalue weighted by molar-refractivity contribution is 5.50. The lowest BCUT2D eigenvalue weighted by molar-refractivity contribution is -0.385. The number of nitrogens with two attached hydrogens (primary N) is 1. The lowest BCUT2D eigenvalue weighted by atomic mass is 10.1. The van der Waals surface area contributed by atoms with Crippen molar-refractivity contribution >= 4 is 5.69 Å². The lowest BCUT2D eigenvalue weighted by Crippen LogP contribution is -2.04. The highest BCUT2D eigenvalue weighted by Crippen LogP contribution is 2.27. The molecule has 0 bridgehead atoms. The summed E-state index contributed by atoms with van der Waals surface area (Å²) in [5.74, 6) is 0.478. The van der Waals surface area contributed by atoms with Crippen LogP contribution in [-0.4, -0.2) is 12.0 Å². The minimum absolute atomic E-state index is 0.0179. The van der Waals surface area contributed by atoms with Crippen molar-refractivity contribution in [1.29, 1.82) is 0 Å². The molecule has 5 nitrogen and oxygen atoms in total. The molecule has 76 valence electrons. The van der Waals surface area contributed by atoms with Crippen molar-refractivity contribution in [2.24, 2.45) is 5.73 Å². The molecule has 0 aliphatic rings. The maximum absolute atomic E-state index is 10.7. The van der Waals surface area contributed by atoms with Gasteiger partial charge in [0.1, 0.15) is 5.75 Å². The monoisotopic (exact) mass is 196 g/mol. The van der Waals surface area contributed by atoms with E-state index in [2.05, 4.69) is 0 Å². The average Bonchev–Trinajstić information content (AvgIpc) is 2.16. The van der Waals surface area contributed by atoms with Crippen LogP contribution in [0.2, 0.25) is 0 Å². The molecule has 0 saturated heterocycles. The fraction of sp³-hybridized carbons (Fsp3) is 0.333. The Bertz CT molecular complexity index is 363. The molecule has 0 aliphatic heterocycles. The molecular formula is C9H12N2O3. The van der Waals surface area contributed by atoms with Crippen molar-refractivity contribution in [1.82, 2.24) is 0 Å². The number of benzene rings is 1. The third-order valence-corrected chi connectivity index (χ3v) is 2.06. The summed E-state index contributed by atoms with van der Waals surface area (Å²) in [6.45, 7) is 1.93. The zero-order chi connectivity index (χ0) is 10.7. The van der Waals surface area contributed by atoms with Crippen LogP contribution in [0.5, 0.6) is 5.75 Å². The van der Waals surface area contributed by atoms with E-state index in [0.717, 1.165) is 5.56 Å². The highest BCUT2D eigenvalue weighted by Gasteiger charge is 2.16. The predicted molar refractivity (Wildman–Crippen MR) is 52.3 cm³/mol. The lowest BCUT2D eigenvalue weighted by Gasteiger charge is -2.06. The summed E-state index contributed by atoms with van der Waals surface area (Å²) in [4.78, 5) is 10.2. The van der Waals surface area contributed by atoms with Crippen LogP contribution in [0.3, 0.4) is 0 Å². The van der Waals surface area contributed by atoms with Gasteiger partial charge in [-0.2, -0.15) is 0 Å². The van der Waals surface area contributed by atoms with Crippen molar-refractivity contribution in [3.63, 3.8) is 0 Å². The van der Waals surface area contributed by atoms with Gasteiger partial charge in [0.2, 0.25) is 0 Å². The van der Waals surface area contributed by atoms with E-state index >= 15 is 0 Å². The molecule has 5 heteroatoms. The third-order valence-electron chi connectivity index (χ3n) is 2.06. The molecule has 1 rings (SSSR count). The van der Waals surface area contributed by atoms with Gasteiger partial charge in [0.15, 0.2) is 0 Å². The van der Waals surface area contributed by atoms with Gasteiger partial charge in [-0.25, -0.2) is 0 Å². The maximum Gasteiger partial charge on any atom is 0.277 e. The minimum Gasteiger partial charge on any atom is -0.496 e. The van der Waals surface area contributed by atoms with E-state index in [0.29, 0.717) is 11.3 Å². The maximum atomic E-state index is 10.7. The molecule has 0 atom stereocenters. The van der Waals surface area contributed by atoms with Crippen LogP contribution in [0, 0.1) is 17.0 Å². The van der Waals surface area contributed by atoms with E-state index in [9.17, 15) is 10.1 Å². The van der Waals surface area contributed by atoms with Crippen molar-refractivity contribution in [2.75, 3.05) is 7.11 Å². The first-order valence-electron chi connectivity index (χ1n) is 4.12. The normalized spacial score (nSPS) is 9.93. The second-order valence-corrected chi connectivity index (χ2v) is 2.90. The van der Waals surface area contributed by atoms with Gasteiger partial charge >= 0.3 is 0 Å². The van der Waals surface area contributed by atoms with Crippen LogP contribution in [0.1, 0.15) is 11.1 Å². The van der Waals surface area contributed by atoms with Crippen LogP contribution in [0.15, 0.2) is 12.1 Å². The van der Waals surface area contributed by atoms with Gasteiger partial charge in [-0.05, 0) is 18.6 Å².